The molecular formula is C20H21F2NO4. The summed E-state index contributed by atoms with van der Waals surface area (Å²) in [6.45, 7) is 5.96. The van der Waals surface area contributed by atoms with Crippen molar-refractivity contribution in [1.82, 2.24) is 0 Å². The number of esters is 1. The molecule has 0 saturated heterocycles. The lowest BCUT2D eigenvalue weighted by Crippen LogP contribution is -2.30. The average Bonchev–Trinajstić information content (AvgIpc) is 2.62. The van der Waals surface area contributed by atoms with Crippen molar-refractivity contribution in [1.29, 1.82) is 0 Å². The van der Waals surface area contributed by atoms with Gasteiger partial charge >= 0.3 is 5.97 Å². The lowest BCUT2D eigenvalue weighted by atomic mass is 10.2. The molecule has 27 heavy (non-hydrogen) atoms. The Balaban J connectivity index is 1.93. The highest BCUT2D eigenvalue weighted by molar-refractivity contribution is 5.97. The summed E-state index contributed by atoms with van der Waals surface area (Å²) in [6.07, 6.45) is -1.17. The molecule has 0 aromatic heterocycles. The van der Waals surface area contributed by atoms with Gasteiger partial charge in [0.05, 0.1) is 17.9 Å². The molecule has 2 rings (SSSR count). The second-order valence-electron chi connectivity index (χ2n) is 6.39. The molecule has 0 bridgehead atoms. The molecule has 0 aliphatic heterocycles. The highest BCUT2D eigenvalue weighted by Gasteiger charge is 2.20. The zero-order valence-electron chi connectivity index (χ0n) is 15.3. The molecule has 0 fully saturated rings. The fraction of sp³-hybridized carbons (Fsp3) is 0.300. The number of hydrogen-bond acceptors (Lipinski definition) is 4. The van der Waals surface area contributed by atoms with Crippen LogP contribution < -0.4 is 10.1 Å². The van der Waals surface area contributed by atoms with Gasteiger partial charge in [-0.15, -0.1) is 0 Å². The summed E-state index contributed by atoms with van der Waals surface area (Å²) in [5.74, 6) is -2.11. The van der Waals surface area contributed by atoms with Crippen LogP contribution in [0.2, 0.25) is 0 Å². The Hall–Kier alpha value is -2.96. The van der Waals surface area contributed by atoms with E-state index >= 15 is 0 Å². The summed E-state index contributed by atoms with van der Waals surface area (Å²) < 4.78 is 37.1. The van der Waals surface area contributed by atoms with Gasteiger partial charge in [-0.25, -0.2) is 13.6 Å². The van der Waals surface area contributed by atoms with Crippen molar-refractivity contribution in [3.63, 3.8) is 0 Å². The minimum atomic E-state index is -1.17. The van der Waals surface area contributed by atoms with Gasteiger partial charge in [-0.05, 0) is 49.2 Å². The number of rotatable bonds is 7. The third-order valence-corrected chi connectivity index (χ3v) is 3.52. The number of halogens is 2. The molecule has 0 radical (unpaired) electrons. The standard InChI is InChI=1S/C20H21F2NO4/c1-12(2)11-26-16-7-4-14(5-8-16)20(25)27-13(3)19(24)23-18-9-6-15(21)10-17(18)22/h4-10,12-13H,11H2,1-3H3,(H,23,24)/t13-/m0/s1. The van der Waals surface area contributed by atoms with Crippen molar-refractivity contribution < 1.29 is 27.8 Å². The first-order valence-electron chi connectivity index (χ1n) is 8.46. The summed E-state index contributed by atoms with van der Waals surface area (Å²) in [4.78, 5) is 24.2. The lowest BCUT2D eigenvalue weighted by Gasteiger charge is -2.14. The highest BCUT2D eigenvalue weighted by Crippen LogP contribution is 2.17. The van der Waals surface area contributed by atoms with Crippen LogP contribution in [-0.2, 0) is 9.53 Å². The molecule has 0 unspecified atom stereocenters. The van der Waals surface area contributed by atoms with Gasteiger partial charge in [0.2, 0.25) is 0 Å². The molecule has 2 aromatic rings. The van der Waals surface area contributed by atoms with Gasteiger partial charge in [-0.2, -0.15) is 0 Å². The summed E-state index contributed by atoms with van der Waals surface area (Å²) in [5, 5.41) is 2.25. The second-order valence-corrected chi connectivity index (χ2v) is 6.39. The minimum absolute atomic E-state index is 0.198. The fourth-order valence-electron chi connectivity index (χ4n) is 2.06. The van der Waals surface area contributed by atoms with Crippen molar-refractivity contribution in [2.24, 2.45) is 5.92 Å². The zero-order valence-corrected chi connectivity index (χ0v) is 15.3. The SMILES string of the molecule is CC(C)COc1ccc(C(=O)O[C@@H](C)C(=O)Nc2ccc(F)cc2F)cc1. The van der Waals surface area contributed by atoms with Gasteiger partial charge < -0.3 is 14.8 Å². The quantitative estimate of drug-likeness (QED) is 0.735. The van der Waals surface area contributed by atoms with Gasteiger partial charge in [-0.1, -0.05) is 13.8 Å². The Morgan fingerprint density at radius 3 is 2.30 bits per heavy atom. The first kappa shape index (κ1) is 20.4. The van der Waals surface area contributed by atoms with E-state index in [0.29, 0.717) is 24.3 Å². The Labute approximate surface area is 156 Å². The van der Waals surface area contributed by atoms with Gasteiger partial charge in [0, 0.05) is 6.07 Å². The molecule has 1 amide bonds. The highest BCUT2D eigenvalue weighted by atomic mass is 19.1. The zero-order chi connectivity index (χ0) is 20.0. The van der Waals surface area contributed by atoms with Crippen molar-refractivity contribution >= 4 is 17.6 Å². The molecule has 0 aliphatic rings. The summed E-state index contributed by atoms with van der Waals surface area (Å²) >= 11 is 0. The molecule has 5 nitrogen and oxygen atoms in total. The third kappa shape index (κ3) is 6.06. The normalized spacial score (nSPS) is 11.8. The molecule has 1 atom stereocenters. The Bertz CT molecular complexity index is 806. The average molecular weight is 377 g/mol. The van der Waals surface area contributed by atoms with E-state index in [0.717, 1.165) is 12.1 Å². The molecule has 7 heteroatoms. The number of carbonyl (C=O) groups is 2. The van der Waals surface area contributed by atoms with E-state index in [1.165, 1.54) is 19.1 Å². The maximum atomic E-state index is 13.6. The third-order valence-electron chi connectivity index (χ3n) is 3.52. The number of benzene rings is 2. The van der Waals surface area contributed by atoms with Crippen molar-refractivity contribution in [3.05, 3.63) is 59.7 Å². The van der Waals surface area contributed by atoms with Crippen LogP contribution in [0, 0.1) is 17.6 Å². The van der Waals surface area contributed by atoms with Crippen LogP contribution in [0.3, 0.4) is 0 Å². The monoisotopic (exact) mass is 377 g/mol. The first-order chi connectivity index (χ1) is 12.8. The molecule has 0 spiro atoms. The van der Waals surface area contributed by atoms with E-state index in [4.69, 9.17) is 9.47 Å². The molecule has 0 saturated carbocycles. The van der Waals surface area contributed by atoms with E-state index in [-0.39, 0.29) is 11.3 Å². The number of carbonyl (C=O) groups excluding carboxylic acids is 2. The molecule has 0 aliphatic carbocycles. The molecule has 144 valence electrons. The predicted octanol–water partition coefficient (Wildman–Crippen LogP) is 4.18. The van der Waals surface area contributed by atoms with Crippen molar-refractivity contribution in [2.45, 2.75) is 26.9 Å². The van der Waals surface area contributed by atoms with E-state index in [9.17, 15) is 18.4 Å². The maximum Gasteiger partial charge on any atom is 0.338 e. The van der Waals surface area contributed by atoms with Crippen LogP contribution >= 0.6 is 0 Å². The number of amides is 1. The maximum absolute atomic E-state index is 13.6. The second kappa shape index (κ2) is 9.12. The summed E-state index contributed by atoms with van der Waals surface area (Å²) in [6, 6.07) is 9.08. The van der Waals surface area contributed by atoms with Crippen LogP contribution in [0.1, 0.15) is 31.1 Å². The van der Waals surface area contributed by atoms with Crippen LogP contribution in [0.25, 0.3) is 0 Å². The molecule has 1 N–H and O–H groups in total. The number of hydrogen-bond donors (Lipinski definition) is 1. The largest absolute Gasteiger partial charge is 0.493 e. The number of anilines is 1. The Morgan fingerprint density at radius 1 is 1.04 bits per heavy atom. The van der Waals surface area contributed by atoms with E-state index in [2.05, 4.69) is 5.32 Å². The summed E-state index contributed by atoms with van der Waals surface area (Å²) in [5.41, 5.74) is 0.0514. The lowest BCUT2D eigenvalue weighted by molar-refractivity contribution is -0.123. The van der Waals surface area contributed by atoms with Gasteiger partial charge in [0.15, 0.2) is 6.10 Å². The van der Waals surface area contributed by atoms with Gasteiger partial charge in [-0.3, -0.25) is 4.79 Å². The van der Waals surface area contributed by atoms with Crippen LogP contribution in [0.15, 0.2) is 42.5 Å². The Morgan fingerprint density at radius 2 is 1.70 bits per heavy atom. The Kier molecular flexibility index (Phi) is 6.87. The topological polar surface area (TPSA) is 64.6 Å². The van der Waals surface area contributed by atoms with Crippen LogP contribution in [0.5, 0.6) is 5.75 Å². The van der Waals surface area contributed by atoms with E-state index in [1.54, 1.807) is 12.1 Å². The van der Waals surface area contributed by atoms with Crippen LogP contribution in [0.4, 0.5) is 14.5 Å². The summed E-state index contributed by atoms with van der Waals surface area (Å²) in [7, 11) is 0. The number of nitrogens with one attached hydrogen (secondary N) is 1. The minimum Gasteiger partial charge on any atom is -0.493 e. The van der Waals surface area contributed by atoms with Crippen LogP contribution in [-0.4, -0.2) is 24.6 Å². The van der Waals surface area contributed by atoms with Gasteiger partial charge in [0.1, 0.15) is 17.4 Å². The molecule has 2 aromatic carbocycles. The van der Waals surface area contributed by atoms with Crippen molar-refractivity contribution in [2.75, 3.05) is 11.9 Å². The molecule has 0 heterocycles. The molecular weight excluding hydrogens is 356 g/mol. The van der Waals surface area contributed by atoms with E-state index < -0.39 is 29.6 Å². The smallest absolute Gasteiger partial charge is 0.338 e. The van der Waals surface area contributed by atoms with Crippen molar-refractivity contribution in [3.8, 4) is 5.75 Å². The van der Waals surface area contributed by atoms with E-state index in [1.807, 2.05) is 13.8 Å². The van der Waals surface area contributed by atoms with Gasteiger partial charge in [0.25, 0.3) is 5.91 Å². The fourth-order valence-corrected chi connectivity index (χ4v) is 2.06. The number of ether oxygens (including phenoxy) is 2. The first-order valence-corrected chi connectivity index (χ1v) is 8.46. The predicted molar refractivity (Wildman–Crippen MR) is 96.6 cm³/mol.